The highest BCUT2D eigenvalue weighted by Crippen LogP contribution is 2.35. The van der Waals surface area contributed by atoms with Gasteiger partial charge in [0.15, 0.2) is 0 Å². The van der Waals surface area contributed by atoms with Crippen LogP contribution in [-0.2, 0) is 6.42 Å². The number of aromatic amines is 1. The number of amides is 1. The molecule has 1 aliphatic heterocycles. The molecule has 1 amide bonds. The lowest BCUT2D eigenvalue weighted by Gasteiger charge is -2.32. The zero-order valence-corrected chi connectivity index (χ0v) is 16.0. The predicted octanol–water partition coefficient (Wildman–Crippen LogP) is 4.75. The second-order valence-corrected chi connectivity index (χ2v) is 7.77. The molecule has 0 radical (unpaired) electrons. The number of nitrogens with one attached hydrogen (secondary N) is 3. The van der Waals surface area contributed by atoms with Gasteiger partial charge < -0.3 is 15.6 Å². The predicted molar refractivity (Wildman–Crippen MR) is 112 cm³/mol. The molecule has 4 nitrogen and oxygen atoms in total. The Morgan fingerprint density at radius 1 is 1.11 bits per heavy atom. The Bertz CT molecular complexity index is 1040. The van der Waals surface area contributed by atoms with Crippen molar-refractivity contribution >= 4 is 28.1 Å². The number of rotatable bonds is 4. The SMILES string of the molecule is CC1=CC(C)(C)Nc2c(C(=O)NCCc3c[nH]c4ccccc34)cccc21. The summed E-state index contributed by atoms with van der Waals surface area (Å²) in [4.78, 5) is 16.1. The van der Waals surface area contributed by atoms with Crippen molar-refractivity contribution in [1.82, 2.24) is 10.3 Å². The molecule has 0 unspecified atom stereocenters. The molecule has 138 valence electrons. The number of hydrogen-bond acceptors (Lipinski definition) is 2. The minimum Gasteiger partial charge on any atom is -0.376 e. The van der Waals surface area contributed by atoms with E-state index in [1.165, 1.54) is 16.5 Å². The van der Waals surface area contributed by atoms with Crippen LogP contribution in [0.3, 0.4) is 0 Å². The molecular formula is C23H25N3O. The standard InChI is InChI=1S/C23H25N3O/c1-15-13-23(2,3)26-21-17(15)8-6-9-19(21)22(27)24-12-11-16-14-25-20-10-5-4-7-18(16)20/h4-10,13-14,25-26H,11-12H2,1-3H3,(H,24,27). The first-order valence-electron chi connectivity index (χ1n) is 9.39. The smallest absolute Gasteiger partial charge is 0.253 e. The van der Waals surface area contributed by atoms with E-state index in [9.17, 15) is 4.79 Å². The van der Waals surface area contributed by atoms with Gasteiger partial charge in [-0.2, -0.15) is 0 Å². The molecule has 27 heavy (non-hydrogen) atoms. The monoisotopic (exact) mass is 359 g/mol. The molecule has 2 aromatic carbocycles. The number of allylic oxidation sites excluding steroid dienone is 1. The highest BCUT2D eigenvalue weighted by atomic mass is 16.1. The molecule has 1 aliphatic rings. The molecule has 1 aromatic heterocycles. The maximum atomic E-state index is 12.8. The van der Waals surface area contributed by atoms with Crippen molar-refractivity contribution < 1.29 is 4.79 Å². The van der Waals surface area contributed by atoms with Crippen molar-refractivity contribution in [1.29, 1.82) is 0 Å². The minimum absolute atomic E-state index is 0.0373. The van der Waals surface area contributed by atoms with E-state index < -0.39 is 0 Å². The lowest BCUT2D eigenvalue weighted by atomic mass is 9.89. The fourth-order valence-electron chi connectivity index (χ4n) is 3.93. The summed E-state index contributed by atoms with van der Waals surface area (Å²) < 4.78 is 0. The first-order chi connectivity index (χ1) is 12.9. The molecular weight excluding hydrogens is 334 g/mol. The maximum Gasteiger partial charge on any atom is 0.253 e. The Morgan fingerprint density at radius 2 is 1.93 bits per heavy atom. The number of benzene rings is 2. The molecule has 0 bridgehead atoms. The van der Waals surface area contributed by atoms with Gasteiger partial charge in [-0.25, -0.2) is 0 Å². The van der Waals surface area contributed by atoms with Gasteiger partial charge in [-0.05, 0) is 50.5 Å². The van der Waals surface area contributed by atoms with Crippen molar-refractivity contribution in [3.63, 3.8) is 0 Å². The fraction of sp³-hybridized carbons (Fsp3) is 0.261. The zero-order chi connectivity index (χ0) is 19.0. The summed E-state index contributed by atoms with van der Waals surface area (Å²) in [6.07, 6.45) is 5.02. The van der Waals surface area contributed by atoms with Crippen LogP contribution in [0.5, 0.6) is 0 Å². The summed E-state index contributed by atoms with van der Waals surface area (Å²) in [5.74, 6) is -0.0373. The number of H-pyrrole nitrogens is 1. The minimum atomic E-state index is -0.169. The van der Waals surface area contributed by atoms with Crippen LogP contribution >= 0.6 is 0 Å². The normalized spacial score (nSPS) is 15.0. The van der Waals surface area contributed by atoms with E-state index in [1.54, 1.807) is 0 Å². The van der Waals surface area contributed by atoms with Crippen LogP contribution in [-0.4, -0.2) is 23.0 Å². The summed E-state index contributed by atoms with van der Waals surface area (Å²) in [6.45, 7) is 6.93. The molecule has 0 saturated heterocycles. The number of para-hydroxylation sites is 2. The first kappa shape index (κ1) is 17.4. The third kappa shape index (κ3) is 3.35. The molecule has 2 heterocycles. The molecule has 3 aromatic rings. The van der Waals surface area contributed by atoms with Gasteiger partial charge >= 0.3 is 0 Å². The second-order valence-electron chi connectivity index (χ2n) is 7.77. The number of anilines is 1. The molecule has 3 N–H and O–H groups in total. The largest absolute Gasteiger partial charge is 0.376 e. The van der Waals surface area contributed by atoms with Crippen molar-refractivity contribution in [2.45, 2.75) is 32.7 Å². The van der Waals surface area contributed by atoms with E-state index in [1.807, 2.05) is 30.5 Å². The van der Waals surface area contributed by atoms with E-state index in [2.05, 4.69) is 60.7 Å². The number of hydrogen-bond donors (Lipinski definition) is 3. The van der Waals surface area contributed by atoms with Crippen molar-refractivity contribution in [3.05, 3.63) is 71.4 Å². The molecule has 0 aliphatic carbocycles. The summed E-state index contributed by atoms with van der Waals surface area (Å²) in [6, 6.07) is 14.1. The van der Waals surface area contributed by atoms with E-state index in [0.717, 1.165) is 23.2 Å². The lowest BCUT2D eigenvalue weighted by Crippen LogP contribution is -2.34. The quantitative estimate of drug-likeness (QED) is 0.630. The summed E-state index contributed by atoms with van der Waals surface area (Å²) >= 11 is 0. The summed E-state index contributed by atoms with van der Waals surface area (Å²) in [5.41, 5.74) is 6.10. The highest BCUT2D eigenvalue weighted by molar-refractivity contribution is 6.03. The highest BCUT2D eigenvalue weighted by Gasteiger charge is 2.26. The van der Waals surface area contributed by atoms with Crippen LogP contribution in [0.2, 0.25) is 0 Å². The van der Waals surface area contributed by atoms with E-state index in [0.29, 0.717) is 12.1 Å². The van der Waals surface area contributed by atoms with Gasteiger partial charge in [0.1, 0.15) is 0 Å². The van der Waals surface area contributed by atoms with Gasteiger partial charge in [0, 0.05) is 29.2 Å². The third-order valence-electron chi connectivity index (χ3n) is 5.11. The van der Waals surface area contributed by atoms with Crippen molar-refractivity contribution in [2.75, 3.05) is 11.9 Å². The van der Waals surface area contributed by atoms with Crippen LogP contribution in [0.1, 0.15) is 42.3 Å². The van der Waals surface area contributed by atoms with Gasteiger partial charge in [0.05, 0.1) is 16.8 Å². The van der Waals surface area contributed by atoms with E-state index in [-0.39, 0.29) is 11.4 Å². The summed E-state index contributed by atoms with van der Waals surface area (Å²) in [5, 5.41) is 7.80. The van der Waals surface area contributed by atoms with Gasteiger partial charge in [-0.3, -0.25) is 4.79 Å². The Labute approximate surface area is 159 Å². The number of aromatic nitrogens is 1. The third-order valence-corrected chi connectivity index (χ3v) is 5.11. The lowest BCUT2D eigenvalue weighted by molar-refractivity contribution is 0.0955. The summed E-state index contributed by atoms with van der Waals surface area (Å²) in [7, 11) is 0. The molecule has 0 atom stereocenters. The van der Waals surface area contributed by atoms with E-state index >= 15 is 0 Å². The Hall–Kier alpha value is -3.01. The average Bonchev–Trinajstić information content (AvgIpc) is 3.03. The van der Waals surface area contributed by atoms with Crippen LogP contribution in [0.15, 0.2) is 54.7 Å². The number of carbonyl (C=O) groups excluding carboxylic acids is 1. The zero-order valence-electron chi connectivity index (χ0n) is 16.0. The van der Waals surface area contributed by atoms with Crippen molar-refractivity contribution in [2.24, 2.45) is 0 Å². The Balaban J connectivity index is 1.50. The topological polar surface area (TPSA) is 56.9 Å². The molecule has 4 heteroatoms. The molecule has 0 spiro atoms. The van der Waals surface area contributed by atoms with E-state index in [4.69, 9.17) is 0 Å². The van der Waals surface area contributed by atoms with Crippen molar-refractivity contribution in [3.8, 4) is 0 Å². The fourth-order valence-corrected chi connectivity index (χ4v) is 3.93. The van der Waals surface area contributed by atoms with Gasteiger partial charge in [-0.15, -0.1) is 0 Å². The Morgan fingerprint density at radius 3 is 2.78 bits per heavy atom. The van der Waals surface area contributed by atoms with Crippen LogP contribution in [0, 0.1) is 0 Å². The van der Waals surface area contributed by atoms with Crippen LogP contribution in [0.25, 0.3) is 16.5 Å². The van der Waals surface area contributed by atoms with Gasteiger partial charge in [0.25, 0.3) is 5.91 Å². The van der Waals surface area contributed by atoms with Gasteiger partial charge in [-0.1, -0.05) is 36.4 Å². The molecule has 0 saturated carbocycles. The maximum absolute atomic E-state index is 12.8. The number of carbonyl (C=O) groups is 1. The first-order valence-corrected chi connectivity index (χ1v) is 9.39. The van der Waals surface area contributed by atoms with Crippen LogP contribution < -0.4 is 10.6 Å². The second kappa shape index (κ2) is 6.62. The molecule has 0 fully saturated rings. The average molecular weight is 359 g/mol. The molecule has 4 rings (SSSR count). The Kier molecular flexibility index (Phi) is 4.27. The van der Waals surface area contributed by atoms with Gasteiger partial charge in [0.2, 0.25) is 0 Å². The number of fused-ring (bicyclic) bond motifs is 2. The van der Waals surface area contributed by atoms with Crippen LogP contribution in [0.4, 0.5) is 5.69 Å².